The molecule has 2 rings (SSSR count). The molecule has 0 aromatic heterocycles. The van der Waals surface area contributed by atoms with Gasteiger partial charge in [-0.1, -0.05) is 39.5 Å². The number of thioether (sulfide) groups is 2. The molecule has 2 saturated carbocycles. The van der Waals surface area contributed by atoms with Crippen molar-refractivity contribution < 1.29 is 29.0 Å². The Morgan fingerprint density at radius 3 is 1.59 bits per heavy atom. The van der Waals surface area contributed by atoms with Crippen molar-refractivity contribution >= 4 is 47.0 Å². The lowest BCUT2D eigenvalue weighted by Gasteiger charge is -2.32. The van der Waals surface area contributed by atoms with Crippen molar-refractivity contribution in [3.8, 4) is 0 Å². The highest BCUT2D eigenvalue weighted by Gasteiger charge is 2.50. The summed E-state index contributed by atoms with van der Waals surface area (Å²) in [5, 5.41) is 9.72. The molecule has 0 bridgehead atoms. The predicted molar refractivity (Wildman–Crippen MR) is 127 cm³/mol. The summed E-state index contributed by atoms with van der Waals surface area (Å²) in [6.07, 6.45) is 7.13. The van der Waals surface area contributed by atoms with Crippen molar-refractivity contribution in [2.75, 3.05) is 18.6 Å². The fourth-order valence-corrected chi connectivity index (χ4v) is 7.14. The van der Waals surface area contributed by atoms with E-state index in [0.717, 1.165) is 58.5 Å². The van der Waals surface area contributed by atoms with Crippen LogP contribution in [0.4, 0.5) is 0 Å². The molecule has 0 aromatic carbocycles. The molecule has 2 atom stereocenters. The maximum atomic E-state index is 13.1. The van der Waals surface area contributed by atoms with Gasteiger partial charge in [0.1, 0.15) is 0 Å². The van der Waals surface area contributed by atoms with Crippen molar-refractivity contribution in [3.05, 3.63) is 0 Å². The quantitative estimate of drug-likeness (QED) is 0.276. The number of nitrogens with two attached hydrogens (primary N) is 2. The Morgan fingerprint density at radius 1 is 0.844 bits per heavy atom. The molecule has 0 saturated heterocycles. The molecule has 32 heavy (non-hydrogen) atoms. The molecular weight excluding hydrogens is 452 g/mol. The monoisotopic (exact) mass is 488 g/mol. The minimum Gasteiger partial charge on any atom is -0.480 e. The number of esters is 1. The Morgan fingerprint density at radius 2 is 1.22 bits per heavy atom. The van der Waals surface area contributed by atoms with Gasteiger partial charge in [-0.05, 0) is 25.7 Å². The number of carbonyl (C=O) groups excluding carboxylic acids is 3. The second kappa shape index (κ2) is 10.4. The Labute approximate surface area is 198 Å². The summed E-state index contributed by atoms with van der Waals surface area (Å²) in [6, 6.07) is 0. The summed E-state index contributed by atoms with van der Waals surface area (Å²) < 4.78 is 4.53. The predicted octanol–water partition coefficient (Wildman–Crippen LogP) is 2.30. The van der Waals surface area contributed by atoms with E-state index in [9.17, 15) is 24.3 Å². The van der Waals surface area contributed by atoms with Crippen LogP contribution in [0.1, 0.15) is 71.6 Å². The van der Waals surface area contributed by atoms with Gasteiger partial charge in [-0.3, -0.25) is 9.59 Å². The van der Waals surface area contributed by atoms with Gasteiger partial charge in [0.25, 0.3) is 0 Å². The molecule has 10 heteroatoms. The van der Waals surface area contributed by atoms with E-state index in [1.165, 1.54) is 23.5 Å². The highest BCUT2D eigenvalue weighted by atomic mass is 32.2. The number of carboxylic acids is 1. The van der Waals surface area contributed by atoms with Crippen LogP contribution in [0.15, 0.2) is 0 Å². The fourth-order valence-electron chi connectivity index (χ4n) is 4.27. The van der Waals surface area contributed by atoms with Crippen LogP contribution in [0.5, 0.6) is 0 Å². The molecule has 0 unspecified atom stereocenters. The van der Waals surface area contributed by atoms with Gasteiger partial charge >= 0.3 is 11.9 Å². The Hall–Kier alpha value is -1.10. The first-order valence-electron chi connectivity index (χ1n) is 11.0. The van der Waals surface area contributed by atoms with Gasteiger partial charge in [0.2, 0.25) is 0 Å². The molecule has 2 aliphatic carbocycles. The molecule has 0 radical (unpaired) electrons. The van der Waals surface area contributed by atoms with Gasteiger partial charge in [0.05, 0.1) is 13.5 Å². The van der Waals surface area contributed by atoms with Gasteiger partial charge < -0.3 is 21.3 Å². The van der Waals surface area contributed by atoms with E-state index in [4.69, 9.17) is 16.2 Å². The van der Waals surface area contributed by atoms with Crippen molar-refractivity contribution in [1.82, 2.24) is 0 Å². The molecule has 0 spiro atoms. The number of methoxy groups -OCH3 is 1. The van der Waals surface area contributed by atoms with E-state index in [2.05, 4.69) is 6.92 Å². The Bertz CT molecular complexity index is 749. The number of carbonyl (C=O) groups is 4. The molecule has 0 aliphatic heterocycles. The van der Waals surface area contributed by atoms with Crippen LogP contribution in [0.3, 0.4) is 0 Å². The van der Waals surface area contributed by atoms with E-state index in [-0.39, 0.29) is 21.0 Å². The number of aliphatic carboxylic acids is 1. The van der Waals surface area contributed by atoms with Crippen LogP contribution >= 0.6 is 23.5 Å². The molecule has 0 amide bonds. The number of rotatable bonds is 12. The van der Waals surface area contributed by atoms with Crippen LogP contribution in [0, 0.1) is 0 Å². The first-order valence-corrected chi connectivity index (χ1v) is 13.0. The van der Waals surface area contributed by atoms with Crippen molar-refractivity contribution in [3.63, 3.8) is 0 Å². The summed E-state index contributed by atoms with van der Waals surface area (Å²) in [6.45, 7) is 4.10. The van der Waals surface area contributed by atoms with Crippen LogP contribution in [-0.2, 0) is 23.9 Å². The average molecular weight is 489 g/mol. The van der Waals surface area contributed by atoms with Gasteiger partial charge in [0, 0.05) is 21.0 Å². The second-order valence-corrected chi connectivity index (χ2v) is 12.8. The summed E-state index contributed by atoms with van der Waals surface area (Å²) >= 11 is 2.78. The molecular formula is C22H36N2O6S2. The molecule has 0 heterocycles. The molecule has 2 fully saturated rings. The fraction of sp³-hybridized carbons (Fsp3) is 0.818. The number of ketones is 2. The maximum Gasteiger partial charge on any atom is 0.334 e. The number of hydrogen-bond acceptors (Lipinski definition) is 9. The molecule has 182 valence electrons. The maximum absolute atomic E-state index is 13.1. The number of hydrogen-bond donors (Lipinski definition) is 3. The SMILES string of the molecule is COC(=O)[C@@](N)(CSC1(C)CCCC1)C(=O)CC(=O)[C@](N)(CSC1(C)CCCC1)C(=O)O. The number of carboxylic acid groups (broad SMARTS) is 1. The second-order valence-electron chi connectivity index (χ2n) is 9.65. The zero-order valence-electron chi connectivity index (χ0n) is 19.2. The molecule has 2 aliphatic rings. The molecule has 8 nitrogen and oxygen atoms in total. The average Bonchev–Trinajstić information content (AvgIpc) is 3.38. The highest BCUT2D eigenvalue weighted by molar-refractivity contribution is 8.01. The number of ether oxygens (including phenoxy) is 1. The lowest BCUT2D eigenvalue weighted by atomic mass is 9.87. The zero-order valence-corrected chi connectivity index (χ0v) is 20.9. The smallest absolute Gasteiger partial charge is 0.334 e. The van der Waals surface area contributed by atoms with E-state index in [1.807, 2.05) is 6.92 Å². The third-order valence-electron chi connectivity index (χ3n) is 6.87. The third-order valence-corrected chi connectivity index (χ3v) is 10.3. The van der Waals surface area contributed by atoms with Gasteiger partial charge in [-0.2, -0.15) is 23.5 Å². The van der Waals surface area contributed by atoms with Crippen LogP contribution in [0.25, 0.3) is 0 Å². The molecule has 5 N–H and O–H groups in total. The van der Waals surface area contributed by atoms with Gasteiger partial charge in [-0.25, -0.2) is 9.59 Å². The first-order chi connectivity index (χ1) is 14.8. The minimum atomic E-state index is -2.23. The largest absolute Gasteiger partial charge is 0.480 e. The normalized spacial score (nSPS) is 23.2. The van der Waals surface area contributed by atoms with E-state index in [0.29, 0.717) is 0 Å². The third kappa shape index (κ3) is 6.07. The summed E-state index contributed by atoms with van der Waals surface area (Å²) in [5.41, 5.74) is 7.97. The van der Waals surface area contributed by atoms with Crippen molar-refractivity contribution in [2.24, 2.45) is 11.5 Å². The topological polar surface area (TPSA) is 150 Å². The van der Waals surface area contributed by atoms with Gasteiger partial charge in [0.15, 0.2) is 22.6 Å². The Kier molecular flexibility index (Phi) is 8.86. The Balaban J connectivity index is 2.13. The lowest BCUT2D eigenvalue weighted by Crippen LogP contribution is -2.62. The van der Waals surface area contributed by atoms with Gasteiger partial charge in [-0.15, -0.1) is 0 Å². The summed E-state index contributed by atoms with van der Waals surface area (Å²) in [4.78, 5) is 50.4. The van der Waals surface area contributed by atoms with Crippen molar-refractivity contribution in [1.29, 1.82) is 0 Å². The van der Waals surface area contributed by atoms with E-state index < -0.39 is 41.0 Å². The lowest BCUT2D eigenvalue weighted by molar-refractivity contribution is -0.151. The summed E-state index contributed by atoms with van der Waals surface area (Å²) in [7, 11) is 1.13. The first kappa shape index (κ1) is 27.1. The van der Waals surface area contributed by atoms with Crippen LogP contribution in [0.2, 0.25) is 0 Å². The molecule has 0 aromatic rings. The zero-order chi connectivity index (χ0) is 24.2. The van der Waals surface area contributed by atoms with Crippen LogP contribution in [-0.4, -0.2) is 67.8 Å². The van der Waals surface area contributed by atoms with Crippen LogP contribution < -0.4 is 11.5 Å². The highest BCUT2D eigenvalue weighted by Crippen LogP contribution is 2.43. The van der Waals surface area contributed by atoms with E-state index in [1.54, 1.807) is 0 Å². The minimum absolute atomic E-state index is 0.0419. The van der Waals surface area contributed by atoms with E-state index >= 15 is 0 Å². The number of Topliss-reactive ketones (excluding diaryl/α,β-unsaturated/α-hetero) is 2. The van der Waals surface area contributed by atoms with Crippen molar-refractivity contribution in [2.45, 2.75) is 92.2 Å². The standard InChI is InChI=1S/C22H36N2O6S2/c1-19(8-4-5-9-19)31-13-21(23,17(27)28)15(25)12-16(26)22(24,18(29)30-3)14-32-20(2)10-6-7-11-20/h4-14,23-24H2,1-3H3,(H,27,28)/t21-,22-/m1/s1. The summed E-state index contributed by atoms with van der Waals surface area (Å²) in [5.74, 6) is -4.42.